The van der Waals surface area contributed by atoms with E-state index >= 15 is 0 Å². The van der Waals surface area contributed by atoms with E-state index in [0.29, 0.717) is 12.5 Å². The quantitative estimate of drug-likeness (QED) is 0.862. The van der Waals surface area contributed by atoms with E-state index in [9.17, 15) is 0 Å². The van der Waals surface area contributed by atoms with Gasteiger partial charge in [-0.2, -0.15) is 16.7 Å². The normalized spacial score (nSPS) is 19.3. The van der Waals surface area contributed by atoms with Gasteiger partial charge in [-0.05, 0) is 54.4 Å². The van der Waals surface area contributed by atoms with Crippen molar-refractivity contribution >= 4 is 23.9 Å². The topological polar surface area (TPSA) is 48.2 Å². The molecule has 0 spiro atoms. The van der Waals surface area contributed by atoms with E-state index < -0.39 is 0 Å². The number of thioether (sulfide) groups is 1. The standard InChI is InChI=1S/C17H18N2O2S/c1-22-17(7-8-17)16-18-15(21-19-16)5-3-12-2-4-13-6-9-20-11-14(13)10-12/h2-5,10H,6-9,11H2,1H3/b5-3+. The van der Waals surface area contributed by atoms with Gasteiger partial charge in [0.25, 0.3) is 5.89 Å². The second-order valence-electron chi connectivity index (χ2n) is 5.82. The maximum atomic E-state index is 5.51. The zero-order valence-electron chi connectivity index (χ0n) is 12.5. The highest BCUT2D eigenvalue weighted by Crippen LogP contribution is 2.54. The lowest BCUT2D eigenvalue weighted by Gasteiger charge is -2.16. The summed E-state index contributed by atoms with van der Waals surface area (Å²) in [6, 6.07) is 6.48. The van der Waals surface area contributed by atoms with Gasteiger partial charge in [-0.25, -0.2) is 0 Å². The third-order valence-electron chi connectivity index (χ3n) is 4.37. The Labute approximate surface area is 133 Å². The van der Waals surface area contributed by atoms with Gasteiger partial charge in [0.2, 0.25) is 0 Å². The van der Waals surface area contributed by atoms with Crippen molar-refractivity contribution in [1.29, 1.82) is 0 Å². The highest BCUT2D eigenvalue weighted by molar-refractivity contribution is 7.99. The molecule has 0 amide bonds. The summed E-state index contributed by atoms with van der Waals surface area (Å²) in [6.45, 7) is 1.53. The lowest BCUT2D eigenvalue weighted by molar-refractivity contribution is 0.111. The van der Waals surface area contributed by atoms with Gasteiger partial charge in [-0.3, -0.25) is 0 Å². The molecule has 1 aromatic carbocycles. The molecule has 2 heterocycles. The summed E-state index contributed by atoms with van der Waals surface area (Å²) in [7, 11) is 0. The van der Waals surface area contributed by atoms with Crippen molar-refractivity contribution in [3.8, 4) is 0 Å². The number of hydrogen-bond donors (Lipinski definition) is 0. The molecule has 0 saturated heterocycles. The molecule has 5 heteroatoms. The Morgan fingerprint density at radius 2 is 2.14 bits per heavy atom. The molecule has 0 radical (unpaired) electrons. The van der Waals surface area contributed by atoms with Gasteiger partial charge in [-0.15, -0.1) is 0 Å². The molecule has 2 aromatic rings. The highest BCUT2D eigenvalue weighted by Gasteiger charge is 2.47. The first-order valence-corrected chi connectivity index (χ1v) is 8.78. The molecule has 0 bridgehead atoms. The number of ether oxygens (including phenoxy) is 1. The van der Waals surface area contributed by atoms with Crippen molar-refractivity contribution in [3.05, 3.63) is 46.6 Å². The third-order valence-corrected chi connectivity index (χ3v) is 5.74. The van der Waals surface area contributed by atoms with Crippen LogP contribution in [0.5, 0.6) is 0 Å². The Morgan fingerprint density at radius 3 is 2.95 bits per heavy atom. The van der Waals surface area contributed by atoms with Crippen LogP contribution in [-0.4, -0.2) is 23.0 Å². The van der Waals surface area contributed by atoms with Gasteiger partial charge < -0.3 is 9.26 Å². The third kappa shape index (κ3) is 2.59. The lowest BCUT2D eigenvalue weighted by atomic mass is 10.0. The molecule has 0 N–H and O–H groups in total. The van der Waals surface area contributed by atoms with E-state index in [4.69, 9.17) is 9.26 Å². The van der Waals surface area contributed by atoms with Gasteiger partial charge in [0.1, 0.15) is 0 Å². The summed E-state index contributed by atoms with van der Waals surface area (Å²) in [5, 5.41) is 4.13. The minimum atomic E-state index is 0.110. The molecular weight excluding hydrogens is 296 g/mol. The Bertz CT molecular complexity index is 719. The van der Waals surface area contributed by atoms with E-state index in [-0.39, 0.29) is 4.75 Å². The molecule has 22 heavy (non-hydrogen) atoms. The summed E-state index contributed by atoms with van der Waals surface area (Å²) in [4.78, 5) is 4.51. The molecule has 1 aromatic heterocycles. The Hall–Kier alpha value is -1.59. The minimum Gasteiger partial charge on any atom is -0.376 e. The van der Waals surface area contributed by atoms with E-state index in [1.54, 1.807) is 0 Å². The molecule has 1 aliphatic carbocycles. The summed E-state index contributed by atoms with van der Waals surface area (Å²) in [5.41, 5.74) is 3.80. The molecule has 1 saturated carbocycles. The summed E-state index contributed by atoms with van der Waals surface area (Å²) >= 11 is 1.81. The van der Waals surface area contributed by atoms with Crippen LogP contribution < -0.4 is 0 Å². The van der Waals surface area contributed by atoms with Gasteiger partial charge >= 0.3 is 0 Å². The Morgan fingerprint density at radius 1 is 1.23 bits per heavy atom. The lowest BCUT2D eigenvalue weighted by Crippen LogP contribution is -2.09. The van der Waals surface area contributed by atoms with Crippen LogP contribution in [0.3, 0.4) is 0 Å². The zero-order chi connectivity index (χ0) is 15.0. The molecular formula is C17H18N2O2S. The van der Waals surface area contributed by atoms with Crippen LogP contribution in [0.25, 0.3) is 12.2 Å². The molecule has 4 nitrogen and oxygen atoms in total. The summed E-state index contributed by atoms with van der Waals surface area (Å²) in [6.07, 6.45) is 9.30. The Kier molecular flexibility index (Phi) is 3.54. The molecule has 4 rings (SSSR count). The fourth-order valence-electron chi connectivity index (χ4n) is 2.78. The average Bonchev–Trinajstić information content (AvgIpc) is 3.23. The van der Waals surface area contributed by atoms with E-state index in [0.717, 1.165) is 37.3 Å². The summed E-state index contributed by atoms with van der Waals surface area (Å²) < 4.78 is 11.0. The number of aromatic nitrogens is 2. The minimum absolute atomic E-state index is 0.110. The van der Waals surface area contributed by atoms with Crippen LogP contribution in [0.15, 0.2) is 22.7 Å². The number of benzene rings is 1. The van der Waals surface area contributed by atoms with E-state index in [2.05, 4.69) is 34.6 Å². The van der Waals surface area contributed by atoms with Crippen LogP contribution in [0, 0.1) is 0 Å². The first-order valence-electron chi connectivity index (χ1n) is 7.56. The molecule has 2 aliphatic rings. The first-order chi connectivity index (χ1) is 10.8. The van der Waals surface area contributed by atoms with Crippen molar-refractivity contribution in [1.82, 2.24) is 10.1 Å². The number of hydrogen-bond acceptors (Lipinski definition) is 5. The molecule has 114 valence electrons. The van der Waals surface area contributed by atoms with E-state index in [1.807, 2.05) is 23.9 Å². The number of nitrogens with zero attached hydrogens (tertiary/aromatic N) is 2. The van der Waals surface area contributed by atoms with Crippen molar-refractivity contribution in [2.24, 2.45) is 0 Å². The van der Waals surface area contributed by atoms with Crippen LogP contribution in [0.1, 0.15) is 41.2 Å². The maximum Gasteiger partial charge on any atom is 0.250 e. The predicted octanol–water partition coefficient (Wildman–Crippen LogP) is 3.66. The van der Waals surface area contributed by atoms with Crippen molar-refractivity contribution in [2.45, 2.75) is 30.6 Å². The highest BCUT2D eigenvalue weighted by atomic mass is 32.2. The maximum absolute atomic E-state index is 5.51. The fourth-order valence-corrected chi connectivity index (χ4v) is 3.56. The largest absolute Gasteiger partial charge is 0.376 e. The predicted molar refractivity (Wildman–Crippen MR) is 87.5 cm³/mol. The molecule has 0 unspecified atom stereocenters. The van der Waals surface area contributed by atoms with Crippen LogP contribution in [0.2, 0.25) is 0 Å². The van der Waals surface area contributed by atoms with Crippen LogP contribution >= 0.6 is 11.8 Å². The average molecular weight is 314 g/mol. The number of rotatable bonds is 4. The van der Waals surface area contributed by atoms with Gasteiger partial charge in [0, 0.05) is 6.08 Å². The molecule has 1 aliphatic heterocycles. The molecule has 1 fully saturated rings. The second kappa shape index (κ2) is 5.56. The fraction of sp³-hybridized carbons (Fsp3) is 0.412. The van der Waals surface area contributed by atoms with E-state index in [1.165, 1.54) is 11.1 Å². The van der Waals surface area contributed by atoms with Crippen LogP contribution in [0.4, 0.5) is 0 Å². The van der Waals surface area contributed by atoms with Gasteiger partial charge in [0.15, 0.2) is 5.82 Å². The number of fused-ring (bicyclic) bond motifs is 1. The second-order valence-corrected chi connectivity index (χ2v) is 7.01. The monoisotopic (exact) mass is 314 g/mol. The van der Waals surface area contributed by atoms with Gasteiger partial charge in [0.05, 0.1) is 18.0 Å². The first kappa shape index (κ1) is 14.0. The zero-order valence-corrected chi connectivity index (χ0v) is 13.4. The summed E-state index contributed by atoms with van der Waals surface area (Å²) in [5.74, 6) is 1.41. The SMILES string of the molecule is CSC1(c2noc(/C=C/c3ccc4c(c3)COCC4)n2)CC1. The Balaban J connectivity index is 1.52. The molecule has 0 atom stereocenters. The van der Waals surface area contributed by atoms with Crippen molar-refractivity contribution in [3.63, 3.8) is 0 Å². The smallest absolute Gasteiger partial charge is 0.250 e. The van der Waals surface area contributed by atoms with Gasteiger partial charge in [-0.1, -0.05) is 17.3 Å². The van der Waals surface area contributed by atoms with Crippen molar-refractivity contribution < 1.29 is 9.26 Å². The van der Waals surface area contributed by atoms with Crippen molar-refractivity contribution in [2.75, 3.05) is 12.9 Å². The van der Waals surface area contributed by atoms with Crippen LogP contribution in [-0.2, 0) is 22.5 Å².